The van der Waals surface area contributed by atoms with E-state index in [1.807, 2.05) is 13.0 Å². The van der Waals surface area contributed by atoms with Gasteiger partial charge in [-0.05, 0) is 52.0 Å². The summed E-state index contributed by atoms with van der Waals surface area (Å²) in [6, 6.07) is 8.33. The lowest BCUT2D eigenvalue weighted by Crippen LogP contribution is -2.21. The Morgan fingerprint density at radius 2 is 1.95 bits per heavy atom. The highest BCUT2D eigenvalue weighted by molar-refractivity contribution is 5.81. The van der Waals surface area contributed by atoms with E-state index in [1.165, 1.54) is 10.9 Å². The lowest BCUT2D eigenvalue weighted by Gasteiger charge is -2.19. The zero-order valence-corrected chi connectivity index (χ0v) is 12.3. The second kappa shape index (κ2) is 5.66. The predicted octanol–water partition coefficient (Wildman–Crippen LogP) is 3.86. The van der Waals surface area contributed by atoms with Crippen LogP contribution >= 0.6 is 0 Å². The van der Waals surface area contributed by atoms with Crippen molar-refractivity contribution in [3.63, 3.8) is 0 Å². The number of benzene rings is 1. The molecule has 1 heterocycles. The van der Waals surface area contributed by atoms with Crippen LogP contribution in [0.5, 0.6) is 5.75 Å². The summed E-state index contributed by atoms with van der Waals surface area (Å²) in [4.78, 5) is 0. The fourth-order valence-corrected chi connectivity index (χ4v) is 2.08. The van der Waals surface area contributed by atoms with E-state index in [9.17, 15) is 0 Å². The third-order valence-electron chi connectivity index (χ3n) is 2.92. The first kappa shape index (κ1) is 13.9. The van der Waals surface area contributed by atoms with Crippen LogP contribution in [0.15, 0.2) is 30.5 Å². The van der Waals surface area contributed by atoms with Gasteiger partial charge in [0.1, 0.15) is 5.75 Å². The van der Waals surface area contributed by atoms with Gasteiger partial charge in [-0.1, -0.05) is 0 Å². The van der Waals surface area contributed by atoms with E-state index < -0.39 is 0 Å². The van der Waals surface area contributed by atoms with Crippen LogP contribution in [0.2, 0.25) is 0 Å². The van der Waals surface area contributed by atoms with Gasteiger partial charge in [-0.15, -0.1) is 0 Å². The standard InChI is InChI=1S/C16H23NO2/c1-5-18-14-6-7-15-13(12-14)8-9-17(15)10-11-19-16(2,3)4/h6-9,12H,5,10-11H2,1-4H3. The molecule has 0 amide bonds. The van der Waals surface area contributed by atoms with E-state index in [2.05, 4.69) is 49.7 Å². The quantitative estimate of drug-likeness (QED) is 0.816. The van der Waals surface area contributed by atoms with Crippen molar-refractivity contribution < 1.29 is 9.47 Å². The second-order valence-corrected chi connectivity index (χ2v) is 5.62. The molecule has 1 aromatic carbocycles. The summed E-state index contributed by atoms with van der Waals surface area (Å²) >= 11 is 0. The fourth-order valence-electron chi connectivity index (χ4n) is 2.08. The Bertz CT molecular complexity index is 537. The third kappa shape index (κ3) is 3.74. The minimum atomic E-state index is -0.0783. The topological polar surface area (TPSA) is 23.4 Å². The normalized spacial score (nSPS) is 12.0. The molecule has 0 spiro atoms. The number of ether oxygens (including phenoxy) is 2. The number of rotatable bonds is 5. The molecule has 19 heavy (non-hydrogen) atoms. The molecule has 0 saturated carbocycles. The van der Waals surface area contributed by atoms with Gasteiger partial charge < -0.3 is 14.0 Å². The molecular weight excluding hydrogens is 238 g/mol. The molecule has 0 saturated heterocycles. The zero-order chi connectivity index (χ0) is 13.9. The van der Waals surface area contributed by atoms with Crippen molar-refractivity contribution in [2.75, 3.05) is 13.2 Å². The molecule has 0 aliphatic carbocycles. The molecule has 2 aromatic rings. The Hall–Kier alpha value is -1.48. The van der Waals surface area contributed by atoms with Gasteiger partial charge >= 0.3 is 0 Å². The average molecular weight is 261 g/mol. The van der Waals surface area contributed by atoms with Crippen molar-refractivity contribution in [2.24, 2.45) is 0 Å². The molecule has 104 valence electrons. The first-order valence-electron chi connectivity index (χ1n) is 6.85. The van der Waals surface area contributed by atoms with E-state index in [0.29, 0.717) is 6.61 Å². The Balaban J connectivity index is 2.08. The highest BCUT2D eigenvalue weighted by atomic mass is 16.5. The molecule has 0 radical (unpaired) electrons. The van der Waals surface area contributed by atoms with Gasteiger partial charge in [-0.2, -0.15) is 0 Å². The Morgan fingerprint density at radius 3 is 2.63 bits per heavy atom. The van der Waals surface area contributed by atoms with Crippen LogP contribution in [0.3, 0.4) is 0 Å². The third-order valence-corrected chi connectivity index (χ3v) is 2.92. The summed E-state index contributed by atoms with van der Waals surface area (Å²) in [5, 5.41) is 1.21. The fraction of sp³-hybridized carbons (Fsp3) is 0.500. The highest BCUT2D eigenvalue weighted by Gasteiger charge is 2.10. The molecular formula is C16H23NO2. The monoisotopic (exact) mass is 261 g/mol. The van der Waals surface area contributed by atoms with Crippen molar-refractivity contribution in [3.05, 3.63) is 30.5 Å². The average Bonchev–Trinajstić information content (AvgIpc) is 2.71. The SMILES string of the molecule is CCOc1ccc2c(ccn2CCOC(C)(C)C)c1. The van der Waals surface area contributed by atoms with Crippen molar-refractivity contribution in [3.8, 4) is 5.75 Å². The molecule has 3 nitrogen and oxygen atoms in total. The first-order chi connectivity index (χ1) is 8.99. The van der Waals surface area contributed by atoms with Gasteiger partial charge in [-0.3, -0.25) is 0 Å². The van der Waals surface area contributed by atoms with Crippen LogP contribution in [0.1, 0.15) is 27.7 Å². The smallest absolute Gasteiger partial charge is 0.120 e. The highest BCUT2D eigenvalue weighted by Crippen LogP contribution is 2.22. The lowest BCUT2D eigenvalue weighted by atomic mass is 10.2. The molecule has 0 bridgehead atoms. The van der Waals surface area contributed by atoms with Crippen molar-refractivity contribution in [1.29, 1.82) is 0 Å². The summed E-state index contributed by atoms with van der Waals surface area (Å²) in [6.07, 6.45) is 2.10. The van der Waals surface area contributed by atoms with Crippen molar-refractivity contribution in [1.82, 2.24) is 4.57 Å². The summed E-state index contributed by atoms with van der Waals surface area (Å²) in [5.74, 6) is 0.929. The van der Waals surface area contributed by atoms with E-state index >= 15 is 0 Å². The van der Waals surface area contributed by atoms with E-state index in [4.69, 9.17) is 9.47 Å². The molecule has 0 N–H and O–H groups in total. The second-order valence-electron chi connectivity index (χ2n) is 5.62. The van der Waals surface area contributed by atoms with Crippen molar-refractivity contribution in [2.45, 2.75) is 39.8 Å². The van der Waals surface area contributed by atoms with Gasteiger partial charge in [0.25, 0.3) is 0 Å². The van der Waals surface area contributed by atoms with E-state index in [1.54, 1.807) is 0 Å². The predicted molar refractivity (Wildman–Crippen MR) is 78.8 cm³/mol. The molecule has 2 rings (SSSR count). The Morgan fingerprint density at radius 1 is 1.16 bits per heavy atom. The number of fused-ring (bicyclic) bond motifs is 1. The van der Waals surface area contributed by atoms with Gasteiger partial charge in [-0.25, -0.2) is 0 Å². The van der Waals surface area contributed by atoms with Gasteiger partial charge in [0.15, 0.2) is 0 Å². The van der Waals surface area contributed by atoms with Crippen LogP contribution in [-0.2, 0) is 11.3 Å². The molecule has 0 unspecified atom stereocenters. The van der Waals surface area contributed by atoms with Crippen LogP contribution in [-0.4, -0.2) is 23.4 Å². The molecule has 3 heteroatoms. The number of hydrogen-bond acceptors (Lipinski definition) is 2. The van der Waals surface area contributed by atoms with E-state index in [-0.39, 0.29) is 5.60 Å². The van der Waals surface area contributed by atoms with Crippen LogP contribution < -0.4 is 4.74 Å². The molecule has 0 fully saturated rings. The van der Waals surface area contributed by atoms with Crippen LogP contribution in [0, 0.1) is 0 Å². The Labute approximate surface area is 115 Å². The maximum absolute atomic E-state index is 5.77. The number of aromatic nitrogens is 1. The number of hydrogen-bond donors (Lipinski definition) is 0. The molecule has 1 aromatic heterocycles. The largest absolute Gasteiger partial charge is 0.494 e. The summed E-state index contributed by atoms with van der Waals surface area (Å²) in [7, 11) is 0. The number of nitrogens with zero attached hydrogens (tertiary/aromatic N) is 1. The van der Waals surface area contributed by atoms with E-state index in [0.717, 1.165) is 18.9 Å². The van der Waals surface area contributed by atoms with Gasteiger partial charge in [0.05, 0.1) is 18.8 Å². The zero-order valence-electron chi connectivity index (χ0n) is 12.3. The van der Waals surface area contributed by atoms with Crippen LogP contribution in [0.25, 0.3) is 10.9 Å². The van der Waals surface area contributed by atoms with Gasteiger partial charge in [0, 0.05) is 23.6 Å². The minimum absolute atomic E-state index is 0.0783. The maximum Gasteiger partial charge on any atom is 0.120 e. The minimum Gasteiger partial charge on any atom is -0.494 e. The maximum atomic E-state index is 5.77. The molecule has 0 aliphatic heterocycles. The van der Waals surface area contributed by atoms with Crippen molar-refractivity contribution >= 4 is 10.9 Å². The molecule has 0 aliphatic rings. The summed E-state index contributed by atoms with van der Waals surface area (Å²) in [5.41, 5.74) is 1.14. The summed E-state index contributed by atoms with van der Waals surface area (Å²) < 4.78 is 13.5. The Kier molecular flexibility index (Phi) is 4.15. The lowest BCUT2D eigenvalue weighted by molar-refractivity contribution is -0.00644. The van der Waals surface area contributed by atoms with Crippen LogP contribution in [0.4, 0.5) is 0 Å². The summed E-state index contributed by atoms with van der Waals surface area (Å²) in [6.45, 7) is 10.5. The first-order valence-corrected chi connectivity index (χ1v) is 6.85. The molecule has 0 atom stereocenters. The van der Waals surface area contributed by atoms with Gasteiger partial charge in [0.2, 0.25) is 0 Å².